The van der Waals surface area contributed by atoms with Gasteiger partial charge in [0.2, 0.25) is 5.91 Å². The molecule has 0 spiro atoms. The molecule has 25 heavy (non-hydrogen) atoms. The van der Waals surface area contributed by atoms with Crippen LogP contribution in [0.15, 0.2) is 34.4 Å². The summed E-state index contributed by atoms with van der Waals surface area (Å²) in [5.74, 6) is 0.267. The highest BCUT2D eigenvalue weighted by Gasteiger charge is 2.17. The lowest BCUT2D eigenvalue weighted by Gasteiger charge is -2.11. The lowest BCUT2D eigenvalue weighted by atomic mass is 10.1. The zero-order valence-corrected chi connectivity index (χ0v) is 15.4. The monoisotopic (exact) mass is 375 g/mol. The number of nitrogens with two attached hydrogens (primary N) is 1. The first-order valence-electron chi connectivity index (χ1n) is 8.06. The lowest BCUT2D eigenvalue weighted by Crippen LogP contribution is -2.27. The first-order valence-corrected chi connectivity index (χ1v) is 9.32. The smallest absolute Gasteiger partial charge is 0.262 e. The SMILES string of the molecule is CCCc1nc2scc(-c3ccc(Cl)cc3)c2c(=O)n1CCC(N)=O. The minimum Gasteiger partial charge on any atom is -0.370 e. The normalized spacial score (nSPS) is 11.1. The number of benzene rings is 1. The molecule has 0 fully saturated rings. The van der Waals surface area contributed by atoms with Gasteiger partial charge in [0.05, 0.1) is 5.39 Å². The van der Waals surface area contributed by atoms with Crippen LogP contribution in [0, 0.1) is 0 Å². The summed E-state index contributed by atoms with van der Waals surface area (Å²) in [5, 5.41) is 3.17. The Morgan fingerprint density at radius 3 is 2.68 bits per heavy atom. The summed E-state index contributed by atoms with van der Waals surface area (Å²) >= 11 is 7.41. The van der Waals surface area contributed by atoms with Gasteiger partial charge in [-0.2, -0.15) is 0 Å². The maximum atomic E-state index is 13.1. The number of hydrogen-bond donors (Lipinski definition) is 1. The van der Waals surface area contributed by atoms with Gasteiger partial charge in [0.25, 0.3) is 5.56 Å². The Balaban J connectivity index is 2.19. The van der Waals surface area contributed by atoms with E-state index in [-0.39, 0.29) is 18.5 Å². The quantitative estimate of drug-likeness (QED) is 0.714. The summed E-state index contributed by atoms with van der Waals surface area (Å²) in [4.78, 5) is 29.7. The van der Waals surface area contributed by atoms with Crippen LogP contribution in [-0.4, -0.2) is 15.5 Å². The standard InChI is InChI=1S/C18H18ClN3O2S/c1-2-3-15-21-17-16(18(24)22(15)9-8-14(20)23)13(10-25-17)11-4-6-12(19)7-5-11/h4-7,10H,2-3,8-9H2,1H3,(H2,20,23). The maximum Gasteiger partial charge on any atom is 0.262 e. The molecule has 0 atom stereocenters. The summed E-state index contributed by atoms with van der Waals surface area (Å²) in [6.45, 7) is 2.28. The molecule has 0 aliphatic rings. The van der Waals surface area contributed by atoms with Gasteiger partial charge in [0.1, 0.15) is 10.7 Å². The molecule has 130 valence electrons. The summed E-state index contributed by atoms with van der Waals surface area (Å²) in [6, 6.07) is 7.36. The van der Waals surface area contributed by atoms with Gasteiger partial charge < -0.3 is 5.73 Å². The van der Waals surface area contributed by atoms with Crippen LogP contribution in [0.4, 0.5) is 0 Å². The van der Waals surface area contributed by atoms with Crippen LogP contribution in [0.1, 0.15) is 25.6 Å². The number of nitrogens with zero attached hydrogens (tertiary/aromatic N) is 2. The average molecular weight is 376 g/mol. The van der Waals surface area contributed by atoms with Crippen molar-refractivity contribution in [3.05, 3.63) is 50.8 Å². The van der Waals surface area contributed by atoms with Gasteiger partial charge in [-0.25, -0.2) is 4.98 Å². The van der Waals surface area contributed by atoms with E-state index in [1.165, 1.54) is 11.3 Å². The Hall–Kier alpha value is -2.18. The van der Waals surface area contributed by atoms with Crippen LogP contribution in [0.2, 0.25) is 5.02 Å². The van der Waals surface area contributed by atoms with Gasteiger partial charge in [0.15, 0.2) is 0 Å². The van der Waals surface area contributed by atoms with Crippen LogP contribution < -0.4 is 11.3 Å². The third-order valence-corrected chi connectivity index (χ3v) is 5.11. The largest absolute Gasteiger partial charge is 0.370 e. The van der Waals surface area contributed by atoms with E-state index in [1.54, 1.807) is 16.7 Å². The van der Waals surface area contributed by atoms with E-state index in [9.17, 15) is 9.59 Å². The van der Waals surface area contributed by atoms with Crippen LogP contribution in [0.5, 0.6) is 0 Å². The molecule has 2 aromatic heterocycles. The summed E-state index contributed by atoms with van der Waals surface area (Å²) in [5.41, 5.74) is 6.89. The molecule has 3 aromatic rings. The van der Waals surface area contributed by atoms with Crippen molar-refractivity contribution in [2.45, 2.75) is 32.7 Å². The molecule has 0 aliphatic heterocycles. The molecule has 7 heteroatoms. The molecule has 5 nitrogen and oxygen atoms in total. The van der Waals surface area contributed by atoms with E-state index in [2.05, 4.69) is 4.98 Å². The summed E-state index contributed by atoms with van der Waals surface area (Å²) in [6.07, 6.45) is 1.66. The molecule has 0 unspecified atom stereocenters. The van der Waals surface area contributed by atoms with Gasteiger partial charge in [-0.05, 0) is 24.1 Å². The number of aromatic nitrogens is 2. The third kappa shape index (κ3) is 3.60. The first kappa shape index (κ1) is 17.6. The van der Waals surface area contributed by atoms with Crippen molar-refractivity contribution < 1.29 is 4.79 Å². The number of hydrogen-bond acceptors (Lipinski definition) is 4. The van der Waals surface area contributed by atoms with Crippen molar-refractivity contribution in [1.29, 1.82) is 0 Å². The molecule has 0 bridgehead atoms. The first-order chi connectivity index (χ1) is 12.0. The van der Waals surface area contributed by atoms with Crippen LogP contribution >= 0.6 is 22.9 Å². The van der Waals surface area contributed by atoms with Gasteiger partial charge in [-0.3, -0.25) is 14.2 Å². The van der Waals surface area contributed by atoms with Crippen molar-refractivity contribution in [2.24, 2.45) is 5.73 Å². The number of amides is 1. The van der Waals surface area contributed by atoms with Crippen molar-refractivity contribution >= 4 is 39.1 Å². The fourth-order valence-corrected chi connectivity index (χ4v) is 3.86. The molecule has 0 aliphatic carbocycles. The second kappa shape index (κ2) is 7.37. The van der Waals surface area contributed by atoms with E-state index in [1.807, 2.05) is 24.4 Å². The maximum absolute atomic E-state index is 13.1. The van der Waals surface area contributed by atoms with Gasteiger partial charge >= 0.3 is 0 Å². The highest BCUT2D eigenvalue weighted by molar-refractivity contribution is 7.17. The predicted octanol–water partition coefficient (Wildman–Crippen LogP) is 3.61. The molecule has 2 heterocycles. The number of aryl methyl sites for hydroxylation is 1. The van der Waals surface area contributed by atoms with Crippen molar-refractivity contribution in [3.63, 3.8) is 0 Å². The van der Waals surface area contributed by atoms with Gasteiger partial charge in [0, 0.05) is 35.4 Å². The van der Waals surface area contributed by atoms with Crippen molar-refractivity contribution in [3.8, 4) is 11.1 Å². The third-order valence-electron chi connectivity index (χ3n) is 3.98. The van der Waals surface area contributed by atoms with Gasteiger partial charge in [-0.15, -0.1) is 11.3 Å². The number of primary amides is 1. The molecule has 1 aromatic carbocycles. The van der Waals surface area contributed by atoms with E-state index in [0.717, 1.165) is 17.5 Å². The molecular weight excluding hydrogens is 358 g/mol. The molecule has 0 radical (unpaired) electrons. The van der Waals surface area contributed by atoms with E-state index in [0.29, 0.717) is 27.5 Å². The molecule has 3 rings (SSSR count). The zero-order valence-electron chi connectivity index (χ0n) is 13.8. The van der Waals surface area contributed by atoms with E-state index >= 15 is 0 Å². The number of carbonyl (C=O) groups is 1. The molecular formula is C18H18ClN3O2S. The highest BCUT2D eigenvalue weighted by atomic mass is 35.5. The number of fused-ring (bicyclic) bond motifs is 1. The predicted molar refractivity (Wildman–Crippen MR) is 102 cm³/mol. The summed E-state index contributed by atoms with van der Waals surface area (Å²) < 4.78 is 1.59. The Labute approximate surface area is 154 Å². The fourth-order valence-electron chi connectivity index (χ4n) is 2.78. The van der Waals surface area contributed by atoms with E-state index < -0.39 is 5.91 Å². The van der Waals surface area contributed by atoms with Crippen LogP contribution in [-0.2, 0) is 17.8 Å². The average Bonchev–Trinajstić information content (AvgIpc) is 2.99. The molecule has 0 saturated carbocycles. The number of rotatable bonds is 6. The molecule has 1 amide bonds. The van der Waals surface area contributed by atoms with Crippen molar-refractivity contribution in [2.75, 3.05) is 0 Å². The lowest BCUT2D eigenvalue weighted by molar-refractivity contribution is -0.118. The number of thiophene rings is 1. The molecule has 2 N–H and O–H groups in total. The van der Waals surface area contributed by atoms with Crippen molar-refractivity contribution in [1.82, 2.24) is 9.55 Å². The Bertz CT molecular complexity index is 976. The minimum atomic E-state index is -0.433. The minimum absolute atomic E-state index is 0.115. The Morgan fingerprint density at radius 1 is 1.32 bits per heavy atom. The Kier molecular flexibility index (Phi) is 5.20. The second-order valence-corrected chi connectivity index (χ2v) is 7.08. The zero-order chi connectivity index (χ0) is 18.0. The second-order valence-electron chi connectivity index (χ2n) is 5.79. The van der Waals surface area contributed by atoms with Crippen LogP contribution in [0.25, 0.3) is 21.3 Å². The topological polar surface area (TPSA) is 78.0 Å². The van der Waals surface area contributed by atoms with E-state index in [4.69, 9.17) is 17.3 Å². The van der Waals surface area contributed by atoms with Gasteiger partial charge in [-0.1, -0.05) is 30.7 Å². The Morgan fingerprint density at radius 2 is 2.04 bits per heavy atom. The molecule has 0 saturated heterocycles. The van der Waals surface area contributed by atoms with Crippen LogP contribution in [0.3, 0.4) is 0 Å². The highest BCUT2D eigenvalue weighted by Crippen LogP contribution is 2.31. The number of halogens is 1. The fraction of sp³-hybridized carbons (Fsp3) is 0.278. The number of carbonyl (C=O) groups excluding carboxylic acids is 1. The summed E-state index contributed by atoms with van der Waals surface area (Å²) in [7, 11) is 0.